The molecule has 0 amide bonds. The van der Waals surface area contributed by atoms with Gasteiger partial charge >= 0.3 is 11.9 Å². The molecule has 0 rings (SSSR count). The highest BCUT2D eigenvalue weighted by molar-refractivity contribution is 5.69. The van der Waals surface area contributed by atoms with Crippen molar-refractivity contribution in [2.75, 3.05) is 14.2 Å². The molecule has 0 spiro atoms. The summed E-state index contributed by atoms with van der Waals surface area (Å²) in [5.74, 6) is -0.209. The minimum atomic E-state index is -0.108. The quantitative estimate of drug-likeness (QED) is 0.257. The maximum absolute atomic E-state index is 11.0. The van der Waals surface area contributed by atoms with Gasteiger partial charge in [0.05, 0.1) is 14.2 Å². The van der Waals surface area contributed by atoms with E-state index in [9.17, 15) is 9.59 Å². The Bertz CT molecular complexity index is 347. The summed E-state index contributed by atoms with van der Waals surface area (Å²) in [5, 5.41) is 0. The van der Waals surface area contributed by atoms with E-state index in [0.29, 0.717) is 12.8 Å². The molecule has 0 fully saturated rings. The van der Waals surface area contributed by atoms with Crippen LogP contribution >= 0.6 is 0 Å². The van der Waals surface area contributed by atoms with Crippen molar-refractivity contribution in [3.63, 3.8) is 0 Å². The molecule has 0 heterocycles. The van der Waals surface area contributed by atoms with E-state index in [2.05, 4.69) is 22.5 Å². The van der Waals surface area contributed by atoms with Crippen molar-refractivity contribution in [3.8, 4) is 0 Å². The van der Waals surface area contributed by atoms with Gasteiger partial charge in [0.15, 0.2) is 0 Å². The second-order valence-electron chi connectivity index (χ2n) is 6.07. The first kappa shape index (κ1) is 21.7. The van der Waals surface area contributed by atoms with Crippen LogP contribution in [-0.4, -0.2) is 26.2 Å². The normalized spacial score (nSPS) is 11.3. The van der Waals surface area contributed by atoms with E-state index in [0.717, 1.165) is 44.9 Å². The first-order chi connectivity index (χ1) is 11.1. The third kappa shape index (κ3) is 15.4. The third-order valence-electron chi connectivity index (χ3n) is 3.99. The Labute approximate surface area is 141 Å². The maximum Gasteiger partial charge on any atom is 0.305 e. The maximum atomic E-state index is 11.0. The van der Waals surface area contributed by atoms with E-state index in [4.69, 9.17) is 0 Å². The molecule has 4 nitrogen and oxygen atoms in total. The molecule has 0 aliphatic rings. The third-order valence-corrected chi connectivity index (χ3v) is 3.99. The Morgan fingerprint density at radius 3 is 1.70 bits per heavy atom. The van der Waals surface area contributed by atoms with Gasteiger partial charge in [0.2, 0.25) is 0 Å². The van der Waals surface area contributed by atoms with Crippen molar-refractivity contribution < 1.29 is 19.1 Å². The number of rotatable bonds is 14. The molecule has 0 unspecified atom stereocenters. The number of hydrogen-bond acceptors (Lipinski definition) is 4. The fourth-order valence-corrected chi connectivity index (χ4v) is 2.45. The van der Waals surface area contributed by atoms with Crippen molar-refractivity contribution in [3.05, 3.63) is 11.6 Å². The minimum absolute atomic E-state index is 0.102. The molecule has 0 saturated carbocycles. The van der Waals surface area contributed by atoms with Crippen molar-refractivity contribution >= 4 is 11.9 Å². The van der Waals surface area contributed by atoms with Gasteiger partial charge in [-0.2, -0.15) is 0 Å². The summed E-state index contributed by atoms with van der Waals surface area (Å²) in [4.78, 5) is 21.9. The van der Waals surface area contributed by atoms with Gasteiger partial charge in [-0.15, -0.1) is 0 Å². The Balaban J connectivity index is 3.39. The molecular weight excluding hydrogens is 292 g/mol. The van der Waals surface area contributed by atoms with Crippen LogP contribution in [0.2, 0.25) is 0 Å². The fraction of sp³-hybridized carbons (Fsp3) is 0.789. The Hall–Kier alpha value is -1.32. The number of unbranched alkanes of at least 4 members (excludes halogenated alkanes) is 7. The van der Waals surface area contributed by atoms with Gasteiger partial charge < -0.3 is 9.47 Å². The van der Waals surface area contributed by atoms with Crippen LogP contribution in [0.25, 0.3) is 0 Å². The van der Waals surface area contributed by atoms with Gasteiger partial charge in [0.1, 0.15) is 0 Å². The average molecular weight is 326 g/mol. The summed E-state index contributed by atoms with van der Waals surface area (Å²) >= 11 is 0. The Morgan fingerprint density at radius 1 is 0.696 bits per heavy atom. The van der Waals surface area contributed by atoms with Gasteiger partial charge in [-0.3, -0.25) is 9.59 Å². The van der Waals surface area contributed by atoms with Gasteiger partial charge in [0.25, 0.3) is 0 Å². The molecule has 0 N–H and O–H groups in total. The molecule has 23 heavy (non-hydrogen) atoms. The molecule has 0 aliphatic carbocycles. The van der Waals surface area contributed by atoms with Crippen molar-refractivity contribution in [2.45, 2.75) is 84.0 Å². The smallest absolute Gasteiger partial charge is 0.305 e. The van der Waals surface area contributed by atoms with Crippen LogP contribution in [0, 0.1) is 0 Å². The fourth-order valence-electron chi connectivity index (χ4n) is 2.45. The monoisotopic (exact) mass is 326 g/mol. The largest absolute Gasteiger partial charge is 0.469 e. The molecule has 0 bridgehead atoms. The van der Waals surface area contributed by atoms with Crippen LogP contribution in [0.4, 0.5) is 0 Å². The van der Waals surface area contributed by atoms with Gasteiger partial charge in [0, 0.05) is 12.8 Å². The highest BCUT2D eigenvalue weighted by Crippen LogP contribution is 2.13. The second-order valence-corrected chi connectivity index (χ2v) is 6.07. The second kappa shape index (κ2) is 15.6. The Morgan fingerprint density at radius 2 is 1.13 bits per heavy atom. The number of esters is 2. The number of methoxy groups -OCH3 is 2. The first-order valence-electron chi connectivity index (χ1n) is 8.89. The summed E-state index contributed by atoms with van der Waals surface area (Å²) in [6, 6.07) is 0. The van der Waals surface area contributed by atoms with Crippen molar-refractivity contribution in [1.82, 2.24) is 0 Å². The molecule has 4 heteroatoms. The molecule has 0 aromatic rings. The van der Waals surface area contributed by atoms with Crippen molar-refractivity contribution in [1.29, 1.82) is 0 Å². The number of carbonyl (C=O) groups is 2. The summed E-state index contributed by atoms with van der Waals surface area (Å²) in [7, 11) is 2.88. The lowest BCUT2D eigenvalue weighted by Crippen LogP contribution is -1.99. The molecular formula is C19H34O4. The lowest BCUT2D eigenvalue weighted by atomic mass is 10.0. The van der Waals surface area contributed by atoms with Crippen LogP contribution in [0.1, 0.15) is 84.0 Å². The summed E-state index contributed by atoms with van der Waals surface area (Å²) in [6.07, 6.45) is 14.5. The number of ether oxygens (including phenoxy) is 2. The molecule has 0 aliphatic heterocycles. The van der Waals surface area contributed by atoms with Gasteiger partial charge in [-0.1, -0.05) is 37.3 Å². The van der Waals surface area contributed by atoms with E-state index in [-0.39, 0.29) is 11.9 Å². The molecule has 0 radical (unpaired) electrons. The molecule has 0 saturated heterocycles. The summed E-state index contributed by atoms with van der Waals surface area (Å²) in [5.41, 5.74) is 1.45. The highest BCUT2D eigenvalue weighted by atomic mass is 16.5. The predicted molar refractivity (Wildman–Crippen MR) is 93.2 cm³/mol. The molecule has 134 valence electrons. The summed E-state index contributed by atoms with van der Waals surface area (Å²) < 4.78 is 9.24. The van der Waals surface area contributed by atoms with E-state index in [1.54, 1.807) is 0 Å². The van der Waals surface area contributed by atoms with Crippen molar-refractivity contribution in [2.24, 2.45) is 0 Å². The first-order valence-corrected chi connectivity index (χ1v) is 8.89. The van der Waals surface area contributed by atoms with E-state index in [1.807, 2.05) is 0 Å². The van der Waals surface area contributed by atoms with Gasteiger partial charge in [-0.05, 0) is 45.4 Å². The van der Waals surface area contributed by atoms with Crippen LogP contribution in [0.5, 0.6) is 0 Å². The minimum Gasteiger partial charge on any atom is -0.469 e. The van der Waals surface area contributed by atoms with E-state index in [1.165, 1.54) is 39.1 Å². The number of allylic oxidation sites excluding steroid dienone is 2. The highest BCUT2D eigenvalue weighted by Gasteiger charge is 2.00. The Kier molecular flexibility index (Phi) is 14.7. The molecule has 0 atom stereocenters. The van der Waals surface area contributed by atoms with Crippen LogP contribution in [0.3, 0.4) is 0 Å². The molecule has 0 aromatic carbocycles. The zero-order valence-corrected chi connectivity index (χ0v) is 15.2. The lowest BCUT2D eigenvalue weighted by molar-refractivity contribution is -0.141. The van der Waals surface area contributed by atoms with E-state index < -0.39 is 0 Å². The zero-order chi connectivity index (χ0) is 17.3. The topological polar surface area (TPSA) is 52.6 Å². The standard InChI is InChI=1S/C19H34O4/c1-17(14-10-8-12-16-19(21)23-3)13-9-6-4-5-7-11-15-18(20)22-2/h13H,4-12,14-16H2,1-3H3/b17-13+. The molecule has 0 aromatic heterocycles. The average Bonchev–Trinajstić information content (AvgIpc) is 2.56. The van der Waals surface area contributed by atoms with Gasteiger partial charge in [-0.25, -0.2) is 0 Å². The number of hydrogen-bond donors (Lipinski definition) is 0. The zero-order valence-electron chi connectivity index (χ0n) is 15.2. The SMILES string of the molecule is COC(=O)CCCCCCC/C=C(\C)CCCCCC(=O)OC. The van der Waals surface area contributed by atoms with Crippen LogP contribution in [-0.2, 0) is 19.1 Å². The predicted octanol–water partition coefficient (Wildman–Crippen LogP) is 4.96. The number of carbonyl (C=O) groups excluding carboxylic acids is 2. The lowest BCUT2D eigenvalue weighted by Gasteiger charge is -2.03. The summed E-state index contributed by atoms with van der Waals surface area (Å²) in [6.45, 7) is 2.19. The van der Waals surface area contributed by atoms with Crippen LogP contribution < -0.4 is 0 Å². The van der Waals surface area contributed by atoms with Crippen LogP contribution in [0.15, 0.2) is 11.6 Å². The van der Waals surface area contributed by atoms with E-state index >= 15 is 0 Å².